The van der Waals surface area contributed by atoms with Crippen LogP contribution in [0.25, 0.3) is 11.0 Å². The van der Waals surface area contributed by atoms with Gasteiger partial charge in [0.25, 0.3) is 0 Å². The van der Waals surface area contributed by atoms with Crippen LogP contribution in [0.2, 0.25) is 0 Å². The number of anilines is 1. The molecule has 1 amide bonds. The molecule has 0 aliphatic carbocycles. The van der Waals surface area contributed by atoms with Gasteiger partial charge in [0.2, 0.25) is 11.8 Å². The molecule has 1 fully saturated rings. The summed E-state index contributed by atoms with van der Waals surface area (Å²) < 4.78 is 5.25. The fourth-order valence-corrected chi connectivity index (χ4v) is 5.36. The second-order valence-corrected chi connectivity index (χ2v) is 9.78. The van der Waals surface area contributed by atoms with Gasteiger partial charge in [0.05, 0.1) is 35.7 Å². The number of pyridine rings is 2. The predicted octanol–water partition coefficient (Wildman–Crippen LogP) is 2.97. The van der Waals surface area contributed by atoms with E-state index in [9.17, 15) is 9.90 Å². The number of methoxy groups -OCH3 is 1. The van der Waals surface area contributed by atoms with Crippen molar-refractivity contribution in [3.63, 3.8) is 0 Å². The first-order valence-corrected chi connectivity index (χ1v) is 12.6. The molecule has 0 saturated carbocycles. The maximum absolute atomic E-state index is 11.7. The number of carbonyl (C=O) groups excluding carboxylic acids is 1. The monoisotopic (exact) mass is 479 g/mol. The Hall–Kier alpha value is -2.72. The minimum atomic E-state index is -0.641. The molecule has 3 aromatic rings. The predicted molar refractivity (Wildman–Crippen MR) is 133 cm³/mol. The van der Waals surface area contributed by atoms with E-state index in [1.807, 2.05) is 12.1 Å². The summed E-state index contributed by atoms with van der Waals surface area (Å²) >= 11 is 1.59. The normalized spacial score (nSPS) is 17.9. The molecule has 1 aromatic carbocycles. The molecular weight excluding hydrogens is 450 g/mol. The van der Waals surface area contributed by atoms with Crippen LogP contribution >= 0.6 is 11.8 Å². The molecule has 2 aromatic heterocycles. The van der Waals surface area contributed by atoms with E-state index >= 15 is 0 Å². The quantitative estimate of drug-likeness (QED) is 0.476. The van der Waals surface area contributed by atoms with Gasteiger partial charge >= 0.3 is 0 Å². The van der Waals surface area contributed by atoms with Gasteiger partial charge in [0.1, 0.15) is 0 Å². The van der Waals surface area contributed by atoms with Gasteiger partial charge in [-0.15, -0.1) is 11.8 Å². The van der Waals surface area contributed by atoms with Crippen molar-refractivity contribution in [3.05, 3.63) is 53.7 Å². The lowest BCUT2D eigenvalue weighted by Gasteiger charge is -2.33. The highest BCUT2D eigenvalue weighted by atomic mass is 32.2. The van der Waals surface area contributed by atoms with Gasteiger partial charge in [0.15, 0.2) is 0 Å². The number of hydrogen-bond donors (Lipinski definition) is 3. The number of piperidine rings is 1. The molecule has 0 bridgehead atoms. The second-order valence-electron chi connectivity index (χ2n) is 8.76. The Morgan fingerprint density at radius 1 is 1.26 bits per heavy atom. The van der Waals surface area contributed by atoms with Crippen molar-refractivity contribution in [1.29, 1.82) is 0 Å². The van der Waals surface area contributed by atoms with Gasteiger partial charge in [-0.05, 0) is 55.8 Å². The molecule has 2 aliphatic heterocycles. The topological polar surface area (TPSA) is 99.6 Å². The first-order valence-electron chi connectivity index (χ1n) is 11.6. The van der Waals surface area contributed by atoms with Gasteiger partial charge in [-0.25, -0.2) is 4.98 Å². The molecule has 178 valence electrons. The summed E-state index contributed by atoms with van der Waals surface area (Å²) in [6.07, 6.45) is 3.12. The molecule has 9 heteroatoms. The van der Waals surface area contributed by atoms with Crippen molar-refractivity contribution < 1.29 is 14.6 Å². The van der Waals surface area contributed by atoms with E-state index in [0.717, 1.165) is 54.1 Å². The van der Waals surface area contributed by atoms with Crippen molar-refractivity contribution in [3.8, 4) is 5.88 Å². The summed E-state index contributed by atoms with van der Waals surface area (Å²) in [5.41, 5.74) is 4.31. The van der Waals surface area contributed by atoms with Crippen LogP contribution in [0.3, 0.4) is 0 Å². The molecule has 0 spiro atoms. The highest BCUT2D eigenvalue weighted by Crippen LogP contribution is 2.32. The number of benzene rings is 1. The summed E-state index contributed by atoms with van der Waals surface area (Å²) in [6, 6.07) is 12.2. The van der Waals surface area contributed by atoms with E-state index in [1.54, 1.807) is 31.1 Å². The summed E-state index contributed by atoms with van der Waals surface area (Å²) in [4.78, 5) is 24.0. The van der Waals surface area contributed by atoms with E-state index in [2.05, 4.69) is 43.7 Å². The fraction of sp³-hybridized carbons (Fsp3) is 0.400. The van der Waals surface area contributed by atoms with E-state index < -0.39 is 6.10 Å². The number of fused-ring (bicyclic) bond motifs is 2. The minimum absolute atomic E-state index is 0.0619. The Morgan fingerprint density at radius 3 is 2.94 bits per heavy atom. The Labute approximate surface area is 203 Å². The van der Waals surface area contributed by atoms with Gasteiger partial charge in [0, 0.05) is 41.9 Å². The first-order chi connectivity index (χ1) is 16.6. The summed E-state index contributed by atoms with van der Waals surface area (Å²) in [5, 5.41) is 17.6. The average Bonchev–Trinajstić information content (AvgIpc) is 2.87. The van der Waals surface area contributed by atoms with E-state index in [-0.39, 0.29) is 5.91 Å². The van der Waals surface area contributed by atoms with Crippen molar-refractivity contribution in [2.75, 3.05) is 37.8 Å². The number of thioether (sulfide) groups is 1. The van der Waals surface area contributed by atoms with Gasteiger partial charge in [-0.2, -0.15) is 0 Å². The van der Waals surface area contributed by atoms with Crippen molar-refractivity contribution in [1.82, 2.24) is 20.2 Å². The van der Waals surface area contributed by atoms with Crippen LogP contribution in [0.15, 0.2) is 47.5 Å². The minimum Gasteiger partial charge on any atom is -0.481 e. The number of aliphatic hydroxyl groups excluding tert-OH is 1. The van der Waals surface area contributed by atoms with Crippen molar-refractivity contribution in [2.24, 2.45) is 0 Å². The molecule has 2 aliphatic rings. The summed E-state index contributed by atoms with van der Waals surface area (Å²) in [5.74, 6) is 1.06. The molecule has 0 unspecified atom stereocenters. The molecule has 5 rings (SSSR count). The number of nitrogens with one attached hydrogen (secondary N) is 2. The number of ether oxygens (including phenoxy) is 1. The zero-order valence-electron chi connectivity index (χ0n) is 19.2. The number of nitrogens with zero attached hydrogens (tertiary/aromatic N) is 3. The van der Waals surface area contributed by atoms with Crippen LogP contribution in [0.4, 0.5) is 5.69 Å². The Kier molecular flexibility index (Phi) is 6.96. The molecular formula is C25H29N5O3S. The number of amides is 1. The third kappa shape index (κ3) is 5.17. The smallest absolute Gasteiger partial charge is 0.234 e. The fourth-order valence-electron chi connectivity index (χ4n) is 4.57. The summed E-state index contributed by atoms with van der Waals surface area (Å²) in [6.45, 7) is 3.18. The number of rotatable bonds is 7. The third-order valence-electron chi connectivity index (χ3n) is 6.45. The molecule has 8 nitrogen and oxygen atoms in total. The molecule has 1 saturated heterocycles. The van der Waals surface area contributed by atoms with Crippen LogP contribution in [0.5, 0.6) is 5.88 Å². The van der Waals surface area contributed by atoms with E-state index in [0.29, 0.717) is 29.7 Å². The number of carbonyl (C=O) groups is 1. The lowest BCUT2D eigenvalue weighted by atomic mass is 10.0. The molecule has 1 atom stereocenters. The van der Waals surface area contributed by atoms with Crippen molar-refractivity contribution in [2.45, 2.75) is 36.4 Å². The summed E-state index contributed by atoms with van der Waals surface area (Å²) in [7, 11) is 1.58. The largest absolute Gasteiger partial charge is 0.481 e. The van der Waals surface area contributed by atoms with Gasteiger partial charge < -0.3 is 25.4 Å². The van der Waals surface area contributed by atoms with Crippen LogP contribution in [0.1, 0.15) is 30.1 Å². The number of hydrogen-bond acceptors (Lipinski definition) is 8. The lowest BCUT2D eigenvalue weighted by molar-refractivity contribution is -0.113. The first kappa shape index (κ1) is 23.0. The third-order valence-corrected chi connectivity index (χ3v) is 7.52. The molecule has 4 heterocycles. The Bertz CT molecular complexity index is 1180. The zero-order chi connectivity index (χ0) is 23.5. The lowest BCUT2D eigenvalue weighted by Crippen LogP contribution is -2.43. The van der Waals surface area contributed by atoms with Gasteiger partial charge in [-0.3, -0.25) is 9.78 Å². The highest BCUT2D eigenvalue weighted by Gasteiger charge is 2.23. The number of likely N-dealkylation sites (tertiary alicyclic amines) is 1. The Morgan fingerprint density at radius 2 is 2.12 bits per heavy atom. The van der Waals surface area contributed by atoms with Crippen molar-refractivity contribution >= 4 is 34.4 Å². The number of aliphatic hydroxyl groups is 1. The second kappa shape index (κ2) is 10.3. The van der Waals surface area contributed by atoms with Crippen LogP contribution < -0.4 is 15.4 Å². The van der Waals surface area contributed by atoms with Crippen LogP contribution in [0, 0.1) is 0 Å². The zero-order valence-corrected chi connectivity index (χ0v) is 20.0. The van der Waals surface area contributed by atoms with E-state index in [1.165, 1.54) is 5.56 Å². The standard InChI is InChI=1S/C25H29N5O3S/c1-33-24-5-3-19-25(29-24)18(6-9-26-19)21(31)14-30-10-7-17(8-11-30)27-13-16-2-4-22-20(12-16)28-23(32)15-34-22/h2-6,9,12,17,21,27,31H,7-8,10-11,13-15H2,1H3,(H,28,32)/t21-/m0/s1. The average molecular weight is 480 g/mol. The maximum atomic E-state index is 11.7. The highest BCUT2D eigenvalue weighted by molar-refractivity contribution is 8.00. The number of aromatic nitrogens is 2. The number of β-amino-alcohol motifs (C(OH)–C–C–N with tert-alkyl or cyclic N) is 1. The van der Waals surface area contributed by atoms with Crippen LogP contribution in [-0.4, -0.2) is 64.4 Å². The van der Waals surface area contributed by atoms with Crippen LogP contribution in [-0.2, 0) is 11.3 Å². The van der Waals surface area contributed by atoms with Gasteiger partial charge in [-0.1, -0.05) is 6.07 Å². The molecule has 3 N–H and O–H groups in total. The molecule has 34 heavy (non-hydrogen) atoms. The maximum Gasteiger partial charge on any atom is 0.234 e. The van der Waals surface area contributed by atoms with E-state index in [4.69, 9.17) is 4.74 Å². The SMILES string of the molecule is COc1ccc2nccc([C@@H](O)CN3CCC(NCc4ccc5c(c4)NC(=O)CS5)CC3)c2n1. The Balaban J connectivity index is 1.14. The molecule has 0 radical (unpaired) electrons.